The molecule has 0 aromatic heterocycles. The van der Waals surface area contributed by atoms with E-state index < -0.39 is 11.8 Å². The van der Waals surface area contributed by atoms with Gasteiger partial charge in [0.1, 0.15) is 23.2 Å². The number of hydrogen-bond donors (Lipinski definition) is 1. The van der Waals surface area contributed by atoms with Crippen molar-refractivity contribution in [2.75, 3.05) is 0 Å². The molecule has 3 nitrogen and oxygen atoms in total. The quantitative estimate of drug-likeness (QED) is 0.745. The molecule has 0 saturated heterocycles. The van der Waals surface area contributed by atoms with Crippen LogP contribution in [-0.2, 0) is 6.42 Å². The van der Waals surface area contributed by atoms with Crippen molar-refractivity contribution in [3.05, 3.63) is 29.1 Å². The van der Waals surface area contributed by atoms with Crippen molar-refractivity contribution in [2.24, 2.45) is 0 Å². The first-order valence-electron chi connectivity index (χ1n) is 4.30. The van der Waals surface area contributed by atoms with E-state index in [-0.39, 0.29) is 11.7 Å². The molecule has 0 amide bonds. The Kier molecular flexibility index (Phi) is 1.91. The Labute approximate surface area is 80.1 Å². The van der Waals surface area contributed by atoms with Crippen LogP contribution in [-0.4, -0.2) is 17.2 Å². The summed E-state index contributed by atoms with van der Waals surface area (Å²) in [6.45, 7) is 1.82. The van der Waals surface area contributed by atoms with Crippen LogP contribution in [0.4, 0.5) is 4.39 Å². The van der Waals surface area contributed by atoms with Gasteiger partial charge in [-0.3, -0.25) is 0 Å². The van der Waals surface area contributed by atoms with Crippen molar-refractivity contribution < 1.29 is 19.0 Å². The third-order valence-electron chi connectivity index (χ3n) is 2.19. The highest BCUT2D eigenvalue weighted by Gasteiger charge is 2.25. The smallest absolute Gasteiger partial charge is 0.339 e. The van der Waals surface area contributed by atoms with Crippen molar-refractivity contribution in [2.45, 2.75) is 19.4 Å². The number of carboxylic acids is 1. The molecule has 2 rings (SSSR count). The minimum Gasteiger partial charge on any atom is -0.489 e. The summed E-state index contributed by atoms with van der Waals surface area (Å²) in [6, 6.07) is 2.31. The van der Waals surface area contributed by atoms with Crippen LogP contribution in [0, 0.1) is 5.82 Å². The van der Waals surface area contributed by atoms with Crippen LogP contribution in [0.1, 0.15) is 22.8 Å². The number of aromatic carboxylic acids is 1. The molecule has 1 heterocycles. The maximum atomic E-state index is 13.0. The number of hydrogen-bond acceptors (Lipinski definition) is 2. The standard InChI is InChI=1S/C10H9FO3/c1-5-2-6-3-7(11)4-8(10(12)13)9(6)14-5/h3-5H,2H2,1H3,(H,12,13). The molecular formula is C10H9FO3. The van der Waals surface area contributed by atoms with E-state index in [1.54, 1.807) is 0 Å². The van der Waals surface area contributed by atoms with Gasteiger partial charge in [0.2, 0.25) is 0 Å². The van der Waals surface area contributed by atoms with Gasteiger partial charge in [-0.2, -0.15) is 0 Å². The van der Waals surface area contributed by atoms with Gasteiger partial charge in [-0.25, -0.2) is 9.18 Å². The molecule has 1 aliphatic rings. The third kappa shape index (κ3) is 1.32. The number of carbonyl (C=O) groups is 1. The Balaban J connectivity index is 2.57. The Bertz CT molecular complexity index is 401. The van der Waals surface area contributed by atoms with Crippen molar-refractivity contribution in [3.8, 4) is 5.75 Å². The second-order valence-corrected chi connectivity index (χ2v) is 3.38. The van der Waals surface area contributed by atoms with Gasteiger partial charge in [0.15, 0.2) is 0 Å². The largest absolute Gasteiger partial charge is 0.489 e. The summed E-state index contributed by atoms with van der Waals surface area (Å²) in [6.07, 6.45) is 0.484. The lowest BCUT2D eigenvalue weighted by molar-refractivity contribution is 0.0691. The lowest BCUT2D eigenvalue weighted by Gasteiger charge is -2.05. The fraction of sp³-hybridized carbons (Fsp3) is 0.300. The van der Waals surface area contributed by atoms with E-state index in [0.717, 1.165) is 6.07 Å². The van der Waals surface area contributed by atoms with Crippen LogP contribution in [0.2, 0.25) is 0 Å². The normalized spacial score (nSPS) is 18.9. The molecule has 0 radical (unpaired) electrons. The van der Waals surface area contributed by atoms with Gasteiger partial charge in [0, 0.05) is 12.0 Å². The van der Waals surface area contributed by atoms with Crippen molar-refractivity contribution in [1.29, 1.82) is 0 Å². The van der Waals surface area contributed by atoms with Crippen LogP contribution < -0.4 is 4.74 Å². The number of ether oxygens (including phenoxy) is 1. The Hall–Kier alpha value is -1.58. The van der Waals surface area contributed by atoms with Crippen molar-refractivity contribution in [3.63, 3.8) is 0 Å². The average Bonchev–Trinajstić information content (AvgIpc) is 2.42. The van der Waals surface area contributed by atoms with Gasteiger partial charge in [-0.15, -0.1) is 0 Å². The van der Waals surface area contributed by atoms with Gasteiger partial charge in [0.25, 0.3) is 0 Å². The Morgan fingerprint density at radius 1 is 1.64 bits per heavy atom. The molecule has 0 spiro atoms. The molecule has 0 saturated carbocycles. The monoisotopic (exact) mass is 196 g/mol. The summed E-state index contributed by atoms with van der Waals surface area (Å²) < 4.78 is 18.3. The van der Waals surface area contributed by atoms with E-state index >= 15 is 0 Å². The SMILES string of the molecule is CC1Cc2cc(F)cc(C(=O)O)c2O1. The minimum atomic E-state index is -1.16. The number of halogens is 1. The highest BCUT2D eigenvalue weighted by Crippen LogP contribution is 2.33. The van der Waals surface area contributed by atoms with Crippen molar-refractivity contribution in [1.82, 2.24) is 0 Å². The summed E-state index contributed by atoms with van der Waals surface area (Å²) in [5.41, 5.74) is 0.541. The molecular weight excluding hydrogens is 187 g/mol. The van der Waals surface area contributed by atoms with Crippen molar-refractivity contribution >= 4 is 5.97 Å². The van der Waals surface area contributed by atoms with Gasteiger partial charge in [0.05, 0.1) is 0 Å². The summed E-state index contributed by atoms with van der Waals surface area (Å²) in [4.78, 5) is 10.8. The molecule has 1 aliphatic heterocycles. The van der Waals surface area contributed by atoms with Crippen LogP contribution >= 0.6 is 0 Å². The predicted octanol–water partition coefficient (Wildman–Crippen LogP) is 1.85. The van der Waals surface area contributed by atoms with E-state index in [1.165, 1.54) is 6.07 Å². The zero-order chi connectivity index (χ0) is 10.3. The van der Waals surface area contributed by atoms with Crippen LogP contribution in [0.5, 0.6) is 5.75 Å². The predicted molar refractivity (Wildman–Crippen MR) is 47.2 cm³/mol. The maximum Gasteiger partial charge on any atom is 0.339 e. The van der Waals surface area contributed by atoms with E-state index in [2.05, 4.69) is 0 Å². The first-order valence-corrected chi connectivity index (χ1v) is 4.30. The van der Waals surface area contributed by atoms with E-state index in [9.17, 15) is 9.18 Å². The molecule has 4 heteroatoms. The summed E-state index contributed by atoms with van der Waals surface area (Å²) in [5, 5.41) is 8.81. The molecule has 1 N–H and O–H groups in total. The van der Waals surface area contributed by atoms with Gasteiger partial charge >= 0.3 is 5.97 Å². The van der Waals surface area contributed by atoms with Gasteiger partial charge in [-0.1, -0.05) is 0 Å². The summed E-state index contributed by atoms with van der Waals surface area (Å²) in [7, 11) is 0. The zero-order valence-corrected chi connectivity index (χ0v) is 7.58. The summed E-state index contributed by atoms with van der Waals surface area (Å²) >= 11 is 0. The molecule has 1 aromatic carbocycles. The number of fused-ring (bicyclic) bond motifs is 1. The lowest BCUT2D eigenvalue weighted by Crippen LogP contribution is -2.07. The molecule has 74 valence electrons. The topological polar surface area (TPSA) is 46.5 Å². The average molecular weight is 196 g/mol. The second kappa shape index (κ2) is 2.97. The number of benzene rings is 1. The molecule has 0 aliphatic carbocycles. The molecule has 1 atom stereocenters. The zero-order valence-electron chi connectivity index (χ0n) is 7.58. The maximum absolute atomic E-state index is 13.0. The van der Waals surface area contributed by atoms with Crippen LogP contribution in [0.3, 0.4) is 0 Å². The molecule has 1 aromatic rings. The lowest BCUT2D eigenvalue weighted by atomic mass is 10.1. The second-order valence-electron chi connectivity index (χ2n) is 3.38. The molecule has 0 bridgehead atoms. The van der Waals surface area contributed by atoms with E-state index in [1.807, 2.05) is 6.92 Å². The van der Waals surface area contributed by atoms with Gasteiger partial charge in [-0.05, 0) is 19.1 Å². The van der Waals surface area contributed by atoms with E-state index in [4.69, 9.17) is 9.84 Å². The van der Waals surface area contributed by atoms with E-state index in [0.29, 0.717) is 17.7 Å². The third-order valence-corrected chi connectivity index (χ3v) is 2.19. The molecule has 14 heavy (non-hydrogen) atoms. The first kappa shape index (κ1) is 8.99. The number of rotatable bonds is 1. The minimum absolute atomic E-state index is 0.0788. The Morgan fingerprint density at radius 2 is 2.36 bits per heavy atom. The molecule has 0 fully saturated rings. The molecule has 1 unspecified atom stereocenters. The first-order chi connectivity index (χ1) is 6.58. The van der Waals surface area contributed by atoms with Crippen LogP contribution in [0.25, 0.3) is 0 Å². The Morgan fingerprint density at radius 3 is 3.00 bits per heavy atom. The van der Waals surface area contributed by atoms with Crippen LogP contribution in [0.15, 0.2) is 12.1 Å². The number of carboxylic acid groups (broad SMARTS) is 1. The van der Waals surface area contributed by atoms with Gasteiger partial charge < -0.3 is 9.84 Å². The fourth-order valence-electron chi connectivity index (χ4n) is 1.65. The highest BCUT2D eigenvalue weighted by atomic mass is 19.1. The highest BCUT2D eigenvalue weighted by molar-refractivity contribution is 5.91. The summed E-state index contributed by atoms with van der Waals surface area (Å²) in [5.74, 6) is -1.37. The fourth-order valence-corrected chi connectivity index (χ4v) is 1.65.